The maximum absolute atomic E-state index is 11.4. The lowest BCUT2D eigenvalue weighted by molar-refractivity contribution is 0.174. The molecule has 21 heavy (non-hydrogen) atoms. The van der Waals surface area contributed by atoms with Crippen LogP contribution in [0, 0.1) is 0 Å². The third-order valence-corrected chi connectivity index (χ3v) is 5.82. The highest BCUT2D eigenvalue weighted by Gasteiger charge is 2.28. The molecule has 0 spiro atoms. The van der Waals surface area contributed by atoms with Gasteiger partial charge in [0.1, 0.15) is 0 Å². The van der Waals surface area contributed by atoms with Gasteiger partial charge in [-0.05, 0) is 43.9 Å². The molecule has 1 fully saturated rings. The van der Waals surface area contributed by atoms with Crippen LogP contribution in [0.25, 0.3) is 0 Å². The minimum absolute atomic E-state index is 0.113. The smallest absolute Gasteiger partial charge is 0.231 e. The molecule has 0 bridgehead atoms. The summed E-state index contributed by atoms with van der Waals surface area (Å²) in [5, 5.41) is 3.42. The summed E-state index contributed by atoms with van der Waals surface area (Å²) < 4.78 is 33.6. The Morgan fingerprint density at radius 3 is 2.90 bits per heavy atom. The lowest BCUT2D eigenvalue weighted by Gasteiger charge is -2.18. The average Bonchev–Trinajstić information content (AvgIpc) is 3.02. The molecule has 3 rings (SSSR count). The summed E-state index contributed by atoms with van der Waals surface area (Å²) in [7, 11) is -2.81. The molecular formula is C15H21NO4S. The second kappa shape index (κ2) is 5.85. The number of hydrogen-bond acceptors (Lipinski definition) is 5. The summed E-state index contributed by atoms with van der Waals surface area (Å²) in [4.78, 5) is 0. The van der Waals surface area contributed by atoms with Crippen molar-refractivity contribution < 1.29 is 17.9 Å². The number of ether oxygens (including phenoxy) is 2. The van der Waals surface area contributed by atoms with Crippen LogP contribution in [0.1, 0.15) is 25.3 Å². The highest BCUT2D eigenvalue weighted by atomic mass is 32.2. The molecule has 0 aliphatic carbocycles. The Kier molecular flexibility index (Phi) is 4.08. The van der Waals surface area contributed by atoms with E-state index in [0.717, 1.165) is 30.8 Å². The van der Waals surface area contributed by atoms with Crippen molar-refractivity contribution in [2.24, 2.45) is 0 Å². The Hall–Kier alpha value is -1.27. The van der Waals surface area contributed by atoms with Gasteiger partial charge in [-0.2, -0.15) is 0 Å². The predicted octanol–water partition coefficient (Wildman–Crippen LogP) is 1.51. The third kappa shape index (κ3) is 3.68. The van der Waals surface area contributed by atoms with Gasteiger partial charge in [-0.1, -0.05) is 6.07 Å². The predicted molar refractivity (Wildman–Crippen MR) is 80.5 cm³/mol. The van der Waals surface area contributed by atoms with Gasteiger partial charge in [0.2, 0.25) is 6.79 Å². The van der Waals surface area contributed by atoms with Crippen molar-refractivity contribution in [1.82, 2.24) is 5.32 Å². The van der Waals surface area contributed by atoms with Gasteiger partial charge in [0.15, 0.2) is 21.3 Å². The summed E-state index contributed by atoms with van der Waals surface area (Å²) in [6.45, 7) is 2.41. The van der Waals surface area contributed by atoms with Crippen LogP contribution >= 0.6 is 0 Å². The fourth-order valence-electron chi connectivity index (χ4n) is 2.89. The zero-order valence-electron chi connectivity index (χ0n) is 12.2. The van der Waals surface area contributed by atoms with E-state index in [4.69, 9.17) is 9.47 Å². The van der Waals surface area contributed by atoms with Crippen molar-refractivity contribution in [2.75, 3.05) is 18.3 Å². The van der Waals surface area contributed by atoms with Crippen LogP contribution in [0.2, 0.25) is 0 Å². The van der Waals surface area contributed by atoms with Gasteiger partial charge in [-0.25, -0.2) is 8.42 Å². The molecule has 0 radical (unpaired) electrons. The molecule has 0 unspecified atom stereocenters. The summed E-state index contributed by atoms with van der Waals surface area (Å²) in [6.07, 6.45) is 2.64. The maximum atomic E-state index is 11.4. The Morgan fingerprint density at radius 2 is 2.14 bits per heavy atom. The highest BCUT2D eigenvalue weighted by molar-refractivity contribution is 7.91. The van der Waals surface area contributed by atoms with Crippen LogP contribution in [0.5, 0.6) is 11.5 Å². The number of sulfone groups is 1. The quantitative estimate of drug-likeness (QED) is 0.893. The Balaban J connectivity index is 1.49. The molecule has 2 atom stereocenters. The van der Waals surface area contributed by atoms with E-state index in [-0.39, 0.29) is 11.8 Å². The molecule has 0 saturated carbocycles. The van der Waals surface area contributed by atoms with Crippen molar-refractivity contribution in [3.05, 3.63) is 23.8 Å². The fraction of sp³-hybridized carbons (Fsp3) is 0.600. The van der Waals surface area contributed by atoms with Crippen molar-refractivity contribution in [1.29, 1.82) is 0 Å². The molecule has 0 amide bonds. The monoisotopic (exact) mass is 311 g/mol. The summed E-state index contributed by atoms with van der Waals surface area (Å²) in [6, 6.07) is 6.43. The molecule has 2 aliphatic rings. The van der Waals surface area contributed by atoms with Gasteiger partial charge >= 0.3 is 0 Å². The number of fused-ring (bicyclic) bond motifs is 1. The lowest BCUT2D eigenvalue weighted by Crippen LogP contribution is -2.37. The van der Waals surface area contributed by atoms with Crippen molar-refractivity contribution in [2.45, 2.75) is 38.3 Å². The number of hydrogen-bond donors (Lipinski definition) is 1. The number of rotatable bonds is 5. The first kappa shape index (κ1) is 14.7. The van der Waals surface area contributed by atoms with E-state index in [1.165, 1.54) is 5.56 Å². The fourth-order valence-corrected chi connectivity index (χ4v) is 4.58. The van der Waals surface area contributed by atoms with Gasteiger partial charge in [0, 0.05) is 12.1 Å². The van der Waals surface area contributed by atoms with Crippen LogP contribution in [0.15, 0.2) is 18.2 Å². The van der Waals surface area contributed by atoms with Crippen LogP contribution in [-0.2, 0) is 16.3 Å². The van der Waals surface area contributed by atoms with Crippen molar-refractivity contribution in [3.63, 3.8) is 0 Å². The normalized spacial score (nSPS) is 24.1. The molecule has 1 aromatic carbocycles. The van der Waals surface area contributed by atoms with E-state index >= 15 is 0 Å². The molecule has 2 heterocycles. The molecule has 2 aliphatic heterocycles. The zero-order valence-corrected chi connectivity index (χ0v) is 13.0. The molecule has 1 N–H and O–H groups in total. The second-order valence-electron chi connectivity index (χ2n) is 5.89. The first-order valence-electron chi connectivity index (χ1n) is 7.37. The molecule has 1 aromatic rings. The molecular weight excluding hydrogens is 290 g/mol. The van der Waals surface area contributed by atoms with Crippen LogP contribution in [0.3, 0.4) is 0 Å². The van der Waals surface area contributed by atoms with E-state index in [0.29, 0.717) is 18.6 Å². The second-order valence-corrected chi connectivity index (χ2v) is 8.12. The van der Waals surface area contributed by atoms with E-state index in [1.54, 1.807) is 0 Å². The molecule has 0 aromatic heterocycles. The molecule has 116 valence electrons. The van der Waals surface area contributed by atoms with Crippen LogP contribution < -0.4 is 14.8 Å². The van der Waals surface area contributed by atoms with E-state index in [9.17, 15) is 8.42 Å². The van der Waals surface area contributed by atoms with Gasteiger partial charge in [-0.15, -0.1) is 0 Å². The molecule has 5 nitrogen and oxygen atoms in total. The van der Waals surface area contributed by atoms with E-state index < -0.39 is 9.84 Å². The first-order chi connectivity index (χ1) is 10.0. The van der Waals surface area contributed by atoms with Crippen LogP contribution in [-0.4, -0.2) is 38.8 Å². The van der Waals surface area contributed by atoms with E-state index in [2.05, 4.69) is 18.3 Å². The van der Waals surface area contributed by atoms with Crippen LogP contribution in [0.4, 0.5) is 0 Å². The average molecular weight is 311 g/mol. The van der Waals surface area contributed by atoms with E-state index in [1.807, 2.05) is 12.1 Å². The van der Waals surface area contributed by atoms with Crippen molar-refractivity contribution in [3.8, 4) is 11.5 Å². The number of aryl methyl sites for hydroxylation is 1. The number of benzene rings is 1. The zero-order chi connectivity index (χ0) is 14.9. The highest BCUT2D eigenvalue weighted by Crippen LogP contribution is 2.32. The lowest BCUT2D eigenvalue weighted by atomic mass is 10.0. The summed E-state index contributed by atoms with van der Waals surface area (Å²) in [5.41, 5.74) is 1.21. The van der Waals surface area contributed by atoms with Crippen molar-refractivity contribution >= 4 is 9.84 Å². The topological polar surface area (TPSA) is 64.6 Å². The molecule has 1 saturated heterocycles. The largest absolute Gasteiger partial charge is 0.454 e. The Morgan fingerprint density at radius 1 is 1.33 bits per heavy atom. The first-order valence-corrected chi connectivity index (χ1v) is 9.19. The van der Waals surface area contributed by atoms with Gasteiger partial charge < -0.3 is 14.8 Å². The summed E-state index contributed by atoms with van der Waals surface area (Å²) >= 11 is 0. The SMILES string of the molecule is C[C@@H](CCc1ccc2c(c1)OCO2)N[C@@H]1CCS(=O)(=O)C1. The van der Waals surface area contributed by atoms with Gasteiger partial charge in [0.05, 0.1) is 11.5 Å². The summed E-state index contributed by atoms with van der Waals surface area (Å²) in [5.74, 6) is 2.22. The maximum Gasteiger partial charge on any atom is 0.231 e. The minimum atomic E-state index is -2.81. The molecule has 6 heteroatoms. The Bertz CT molecular complexity index is 614. The van der Waals surface area contributed by atoms with Gasteiger partial charge in [0.25, 0.3) is 0 Å². The van der Waals surface area contributed by atoms with Gasteiger partial charge in [-0.3, -0.25) is 0 Å². The standard InChI is InChI=1S/C15H21NO4S/c1-11(16-13-6-7-21(17,18)9-13)2-3-12-4-5-14-15(8-12)20-10-19-14/h4-5,8,11,13,16H,2-3,6-7,9-10H2,1H3/t11-,13+/m0/s1. The Labute approximate surface area is 125 Å². The minimum Gasteiger partial charge on any atom is -0.454 e. The number of nitrogens with one attached hydrogen (secondary N) is 1. The third-order valence-electron chi connectivity index (χ3n) is 4.06.